The number of benzene rings is 1. The number of amides is 2. The van der Waals surface area contributed by atoms with Gasteiger partial charge < -0.3 is 10.6 Å². The van der Waals surface area contributed by atoms with Gasteiger partial charge in [0.25, 0.3) is 0 Å². The van der Waals surface area contributed by atoms with Crippen molar-refractivity contribution in [1.82, 2.24) is 5.43 Å². The Morgan fingerprint density at radius 1 is 1.09 bits per heavy atom. The lowest BCUT2D eigenvalue weighted by Crippen LogP contribution is -2.33. The number of hydrazone groups is 1. The highest BCUT2D eigenvalue weighted by Gasteiger charge is 2.10. The number of nitrogens with two attached hydrogens (primary N) is 1. The van der Waals surface area contributed by atoms with Crippen LogP contribution in [0.5, 0.6) is 0 Å². The zero-order valence-electron chi connectivity index (χ0n) is 12.8. The maximum Gasteiger partial charge on any atom is 0.329 e. The van der Waals surface area contributed by atoms with Crippen LogP contribution in [0, 0.1) is 0 Å². The van der Waals surface area contributed by atoms with E-state index in [4.69, 9.17) is 5.73 Å². The SMILES string of the molecule is CC(=NNC(=O)C(N)=O)c1ccc(N2CCCCCC2)cc1. The van der Waals surface area contributed by atoms with Gasteiger partial charge >= 0.3 is 11.8 Å². The van der Waals surface area contributed by atoms with Gasteiger partial charge in [-0.2, -0.15) is 5.10 Å². The lowest BCUT2D eigenvalue weighted by molar-refractivity contribution is -0.137. The molecule has 1 aliphatic heterocycles. The van der Waals surface area contributed by atoms with Crippen LogP contribution in [0.3, 0.4) is 0 Å². The van der Waals surface area contributed by atoms with E-state index in [1.54, 1.807) is 6.92 Å². The molecule has 118 valence electrons. The van der Waals surface area contributed by atoms with Crippen molar-refractivity contribution in [3.8, 4) is 0 Å². The highest BCUT2D eigenvalue weighted by molar-refractivity contribution is 6.34. The molecule has 0 unspecified atom stereocenters. The van der Waals surface area contributed by atoms with Crippen molar-refractivity contribution in [2.75, 3.05) is 18.0 Å². The number of nitrogens with one attached hydrogen (secondary N) is 1. The van der Waals surface area contributed by atoms with E-state index in [-0.39, 0.29) is 0 Å². The summed E-state index contributed by atoms with van der Waals surface area (Å²) in [6, 6.07) is 8.07. The van der Waals surface area contributed by atoms with E-state index in [1.165, 1.54) is 31.4 Å². The molecule has 22 heavy (non-hydrogen) atoms. The molecular weight excluding hydrogens is 280 g/mol. The summed E-state index contributed by atoms with van der Waals surface area (Å²) in [5, 5.41) is 3.88. The summed E-state index contributed by atoms with van der Waals surface area (Å²) in [7, 11) is 0. The standard InChI is InChI=1S/C16H22N4O2/c1-12(18-19-16(22)15(17)21)13-6-8-14(9-7-13)20-10-4-2-3-5-11-20/h6-9H,2-5,10-11H2,1H3,(H2,17,21)(H,19,22). The molecule has 3 N–H and O–H groups in total. The number of hydrogen-bond acceptors (Lipinski definition) is 4. The van der Waals surface area contributed by atoms with Gasteiger partial charge in [0, 0.05) is 18.8 Å². The van der Waals surface area contributed by atoms with Crippen LogP contribution in [0.2, 0.25) is 0 Å². The zero-order chi connectivity index (χ0) is 15.9. The Balaban J connectivity index is 2.02. The molecule has 0 saturated carbocycles. The molecule has 6 heteroatoms. The molecule has 0 spiro atoms. The van der Waals surface area contributed by atoms with Crippen LogP contribution in [0.4, 0.5) is 5.69 Å². The van der Waals surface area contributed by atoms with Gasteiger partial charge in [0.2, 0.25) is 0 Å². The maximum absolute atomic E-state index is 11.1. The van der Waals surface area contributed by atoms with Crippen LogP contribution in [0.1, 0.15) is 38.2 Å². The van der Waals surface area contributed by atoms with Crippen LogP contribution in [-0.2, 0) is 9.59 Å². The van der Waals surface area contributed by atoms with Gasteiger partial charge in [-0.15, -0.1) is 0 Å². The van der Waals surface area contributed by atoms with E-state index in [1.807, 2.05) is 12.1 Å². The fourth-order valence-electron chi connectivity index (χ4n) is 2.50. The van der Waals surface area contributed by atoms with Gasteiger partial charge in [0.1, 0.15) is 0 Å². The van der Waals surface area contributed by atoms with E-state index in [2.05, 4.69) is 27.6 Å². The second kappa shape index (κ2) is 7.59. The monoisotopic (exact) mass is 302 g/mol. The van der Waals surface area contributed by atoms with Gasteiger partial charge in [-0.1, -0.05) is 25.0 Å². The van der Waals surface area contributed by atoms with Crippen molar-refractivity contribution < 1.29 is 9.59 Å². The van der Waals surface area contributed by atoms with E-state index in [9.17, 15) is 9.59 Å². The van der Waals surface area contributed by atoms with Crippen LogP contribution < -0.4 is 16.1 Å². The van der Waals surface area contributed by atoms with Crippen LogP contribution in [0.25, 0.3) is 0 Å². The number of rotatable bonds is 3. The first-order chi connectivity index (χ1) is 10.6. The Morgan fingerprint density at radius 2 is 1.68 bits per heavy atom. The third-order valence-electron chi connectivity index (χ3n) is 3.81. The van der Waals surface area contributed by atoms with Gasteiger partial charge in [-0.3, -0.25) is 9.59 Å². The number of carbonyl (C=O) groups excluding carboxylic acids is 2. The Bertz CT molecular complexity index is 558. The van der Waals surface area contributed by atoms with Crippen molar-refractivity contribution in [2.45, 2.75) is 32.6 Å². The largest absolute Gasteiger partial charge is 0.372 e. The average molecular weight is 302 g/mol. The zero-order valence-corrected chi connectivity index (χ0v) is 12.8. The third-order valence-corrected chi connectivity index (χ3v) is 3.81. The maximum atomic E-state index is 11.1. The minimum absolute atomic E-state index is 0.622. The fourth-order valence-corrected chi connectivity index (χ4v) is 2.50. The molecule has 0 aromatic heterocycles. The number of carbonyl (C=O) groups is 2. The summed E-state index contributed by atoms with van der Waals surface area (Å²) in [5.41, 5.74) is 9.70. The topological polar surface area (TPSA) is 87.8 Å². The summed E-state index contributed by atoms with van der Waals surface area (Å²) in [4.78, 5) is 24.1. The third kappa shape index (κ3) is 4.31. The molecule has 1 aliphatic rings. The predicted molar refractivity (Wildman–Crippen MR) is 86.7 cm³/mol. The Hall–Kier alpha value is -2.37. The van der Waals surface area contributed by atoms with Crippen molar-refractivity contribution >= 4 is 23.2 Å². The second-order valence-corrected chi connectivity index (χ2v) is 5.45. The molecule has 0 aliphatic carbocycles. The molecule has 2 amide bonds. The van der Waals surface area contributed by atoms with Gasteiger partial charge in [0.05, 0.1) is 5.71 Å². The Labute approximate surface area is 130 Å². The minimum Gasteiger partial charge on any atom is -0.372 e. The molecule has 0 bridgehead atoms. The van der Waals surface area contributed by atoms with Crippen LogP contribution in [0.15, 0.2) is 29.4 Å². The van der Waals surface area contributed by atoms with E-state index < -0.39 is 11.8 Å². The summed E-state index contributed by atoms with van der Waals surface area (Å²) in [6.45, 7) is 3.96. The normalized spacial score (nSPS) is 16.0. The molecule has 1 saturated heterocycles. The lowest BCUT2D eigenvalue weighted by Gasteiger charge is -2.22. The molecule has 1 aromatic rings. The molecule has 1 fully saturated rings. The average Bonchev–Trinajstić information content (AvgIpc) is 2.81. The van der Waals surface area contributed by atoms with E-state index in [0.717, 1.165) is 18.7 Å². The molecular formula is C16H22N4O2. The van der Waals surface area contributed by atoms with Crippen molar-refractivity contribution in [3.63, 3.8) is 0 Å². The van der Waals surface area contributed by atoms with Crippen molar-refractivity contribution in [1.29, 1.82) is 0 Å². The summed E-state index contributed by atoms with van der Waals surface area (Å²) in [6.07, 6.45) is 5.09. The number of anilines is 1. The smallest absolute Gasteiger partial charge is 0.329 e. The Morgan fingerprint density at radius 3 is 2.23 bits per heavy atom. The predicted octanol–water partition coefficient (Wildman–Crippen LogP) is 1.39. The minimum atomic E-state index is -1.05. The summed E-state index contributed by atoms with van der Waals surface area (Å²) >= 11 is 0. The highest BCUT2D eigenvalue weighted by Crippen LogP contribution is 2.20. The second-order valence-electron chi connectivity index (χ2n) is 5.45. The van der Waals surface area contributed by atoms with E-state index >= 15 is 0 Å². The highest BCUT2D eigenvalue weighted by atomic mass is 16.2. The molecule has 0 radical (unpaired) electrons. The fraction of sp³-hybridized carbons (Fsp3) is 0.438. The summed E-state index contributed by atoms with van der Waals surface area (Å²) < 4.78 is 0. The molecule has 0 atom stereocenters. The molecule has 1 aromatic carbocycles. The van der Waals surface area contributed by atoms with Crippen molar-refractivity contribution in [2.24, 2.45) is 10.8 Å². The lowest BCUT2D eigenvalue weighted by atomic mass is 10.1. The first kappa shape index (κ1) is 16.0. The molecule has 2 rings (SSSR count). The Kier molecular flexibility index (Phi) is 5.52. The first-order valence-corrected chi connectivity index (χ1v) is 7.57. The first-order valence-electron chi connectivity index (χ1n) is 7.57. The van der Waals surface area contributed by atoms with Crippen LogP contribution >= 0.6 is 0 Å². The molecule has 6 nitrogen and oxygen atoms in total. The van der Waals surface area contributed by atoms with Gasteiger partial charge in [-0.25, -0.2) is 5.43 Å². The number of nitrogens with zero attached hydrogens (tertiary/aromatic N) is 2. The van der Waals surface area contributed by atoms with E-state index in [0.29, 0.717) is 5.71 Å². The summed E-state index contributed by atoms with van der Waals surface area (Å²) in [5.74, 6) is -1.96. The van der Waals surface area contributed by atoms with Crippen LogP contribution in [-0.4, -0.2) is 30.6 Å². The quantitative estimate of drug-likeness (QED) is 0.502. The molecule has 1 heterocycles. The number of hydrogen-bond donors (Lipinski definition) is 2. The van der Waals surface area contributed by atoms with Gasteiger partial charge in [-0.05, 0) is 37.5 Å². The van der Waals surface area contributed by atoms with Crippen molar-refractivity contribution in [3.05, 3.63) is 29.8 Å². The number of primary amides is 1. The van der Waals surface area contributed by atoms with Gasteiger partial charge in [0.15, 0.2) is 0 Å².